The molecular formula is C6H15N3. The van der Waals surface area contributed by atoms with Crippen molar-refractivity contribution in [2.75, 3.05) is 7.05 Å². The number of hydrogen-bond acceptors (Lipinski definition) is 3. The fraction of sp³-hybridized carbons (Fsp3) is 1.00. The number of nitrogens with one attached hydrogen (secondary N) is 2. The van der Waals surface area contributed by atoms with E-state index in [0.29, 0.717) is 12.3 Å². The molecular weight excluding hydrogens is 114 g/mol. The van der Waals surface area contributed by atoms with Crippen LogP contribution in [0.5, 0.6) is 0 Å². The van der Waals surface area contributed by atoms with Gasteiger partial charge in [0.15, 0.2) is 0 Å². The van der Waals surface area contributed by atoms with E-state index in [1.54, 1.807) is 0 Å². The van der Waals surface area contributed by atoms with Gasteiger partial charge in [0.2, 0.25) is 0 Å². The Morgan fingerprint density at radius 1 is 1.78 bits per heavy atom. The average molecular weight is 129 g/mol. The molecule has 3 atom stereocenters. The molecule has 3 nitrogen and oxygen atoms in total. The molecule has 0 spiro atoms. The van der Waals surface area contributed by atoms with Gasteiger partial charge in [0.1, 0.15) is 0 Å². The van der Waals surface area contributed by atoms with Crippen molar-refractivity contribution in [1.29, 1.82) is 0 Å². The third-order valence-electron chi connectivity index (χ3n) is 1.79. The fourth-order valence-corrected chi connectivity index (χ4v) is 0.948. The van der Waals surface area contributed by atoms with Crippen molar-refractivity contribution in [1.82, 2.24) is 15.8 Å². The largest absolute Gasteiger partial charge is 0.304 e. The van der Waals surface area contributed by atoms with Crippen LogP contribution in [0.15, 0.2) is 0 Å². The molecule has 0 bridgehead atoms. The molecule has 3 unspecified atom stereocenters. The van der Waals surface area contributed by atoms with E-state index in [2.05, 4.69) is 29.6 Å². The minimum atomic E-state index is 0.468. The molecule has 9 heavy (non-hydrogen) atoms. The first kappa shape index (κ1) is 6.99. The van der Waals surface area contributed by atoms with E-state index in [0.717, 1.165) is 0 Å². The Bertz CT molecular complexity index is 94.3. The summed E-state index contributed by atoms with van der Waals surface area (Å²) in [5.74, 6) is 0. The van der Waals surface area contributed by atoms with E-state index in [-0.39, 0.29) is 0 Å². The second kappa shape index (κ2) is 2.64. The zero-order chi connectivity index (χ0) is 6.85. The Morgan fingerprint density at radius 2 is 2.44 bits per heavy atom. The summed E-state index contributed by atoms with van der Waals surface area (Å²) in [6.07, 6.45) is 2.27. The SMILES string of the molecule is CCC1NN1C(C)NC. The second-order valence-electron chi connectivity index (χ2n) is 2.43. The first-order valence-corrected chi connectivity index (χ1v) is 3.51. The lowest BCUT2D eigenvalue weighted by Crippen LogP contribution is -2.31. The Balaban J connectivity index is 2.17. The summed E-state index contributed by atoms with van der Waals surface area (Å²) in [5, 5.41) is 5.36. The maximum atomic E-state index is 3.24. The first-order chi connectivity index (χ1) is 4.29. The number of hydrogen-bond donors (Lipinski definition) is 2. The third-order valence-corrected chi connectivity index (χ3v) is 1.79. The highest BCUT2D eigenvalue weighted by Crippen LogP contribution is 2.14. The van der Waals surface area contributed by atoms with Crippen LogP contribution in [0.3, 0.4) is 0 Å². The molecule has 0 aromatic heterocycles. The van der Waals surface area contributed by atoms with Gasteiger partial charge in [-0.05, 0) is 20.4 Å². The van der Waals surface area contributed by atoms with Gasteiger partial charge >= 0.3 is 0 Å². The normalized spacial score (nSPS) is 36.3. The summed E-state index contributed by atoms with van der Waals surface area (Å²) in [6.45, 7) is 4.32. The molecule has 0 saturated carbocycles. The van der Waals surface area contributed by atoms with Crippen molar-refractivity contribution in [3.63, 3.8) is 0 Å². The lowest BCUT2D eigenvalue weighted by atomic mass is 10.4. The van der Waals surface area contributed by atoms with Crippen molar-refractivity contribution < 1.29 is 0 Å². The molecule has 2 N–H and O–H groups in total. The monoisotopic (exact) mass is 129 g/mol. The van der Waals surface area contributed by atoms with Crippen molar-refractivity contribution in [2.24, 2.45) is 0 Å². The smallest absolute Gasteiger partial charge is 0.0879 e. The highest BCUT2D eigenvalue weighted by atomic mass is 15.8. The van der Waals surface area contributed by atoms with E-state index in [4.69, 9.17) is 0 Å². The minimum Gasteiger partial charge on any atom is -0.304 e. The van der Waals surface area contributed by atoms with Gasteiger partial charge in [-0.1, -0.05) is 6.92 Å². The molecule has 3 heteroatoms. The van der Waals surface area contributed by atoms with Gasteiger partial charge in [-0.2, -0.15) is 0 Å². The highest BCUT2D eigenvalue weighted by molar-refractivity contribution is 4.79. The van der Waals surface area contributed by atoms with Crippen LogP contribution in [-0.2, 0) is 0 Å². The standard InChI is InChI=1S/C6H15N3/c1-4-6-8-9(6)5(2)7-3/h5-8H,4H2,1-3H3. The van der Waals surface area contributed by atoms with Gasteiger partial charge in [0.25, 0.3) is 0 Å². The Labute approximate surface area is 56.4 Å². The van der Waals surface area contributed by atoms with E-state index in [1.165, 1.54) is 6.42 Å². The Hall–Kier alpha value is -0.120. The molecule has 1 heterocycles. The number of hydrazine groups is 1. The van der Waals surface area contributed by atoms with Crippen LogP contribution in [0.2, 0.25) is 0 Å². The zero-order valence-electron chi connectivity index (χ0n) is 6.31. The van der Waals surface area contributed by atoms with E-state index in [1.807, 2.05) is 7.05 Å². The van der Waals surface area contributed by atoms with E-state index >= 15 is 0 Å². The summed E-state index contributed by atoms with van der Waals surface area (Å²) in [4.78, 5) is 0. The van der Waals surface area contributed by atoms with Gasteiger partial charge in [-0.25, -0.2) is 10.4 Å². The van der Waals surface area contributed by atoms with Gasteiger partial charge < -0.3 is 5.32 Å². The second-order valence-corrected chi connectivity index (χ2v) is 2.43. The maximum absolute atomic E-state index is 3.24. The summed E-state index contributed by atoms with van der Waals surface area (Å²) >= 11 is 0. The third kappa shape index (κ3) is 1.41. The maximum Gasteiger partial charge on any atom is 0.0879 e. The van der Waals surface area contributed by atoms with E-state index in [9.17, 15) is 0 Å². The Kier molecular flexibility index (Phi) is 2.05. The van der Waals surface area contributed by atoms with Crippen LogP contribution < -0.4 is 10.7 Å². The quantitative estimate of drug-likeness (QED) is 0.531. The molecule has 0 amide bonds. The molecule has 1 fully saturated rings. The molecule has 1 rings (SSSR count). The highest BCUT2D eigenvalue weighted by Gasteiger charge is 2.34. The zero-order valence-corrected chi connectivity index (χ0v) is 6.31. The van der Waals surface area contributed by atoms with Crippen molar-refractivity contribution in [2.45, 2.75) is 32.6 Å². The fourth-order valence-electron chi connectivity index (χ4n) is 0.948. The average Bonchev–Trinajstić information content (AvgIpc) is 2.64. The van der Waals surface area contributed by atoms with Crippen LogP contribution in [0.1, 0.15) is 20.3 Å². The Morgan fingerprint density at radius 3 is 2.78 bits per heavy atom. The molecule has 0 aromatic carbocycles. The molecule has 1 aliphatic heterocycles. The lowest BCUT2D eigenvalue weighted by molar-refractivity contribution is 0.330. The molecule has 0 aliphatic carbocycles. The van der Waals surface area contributed by atoms with Crippen LogP contribution in [-0.4, -0.2) is 24.4 Å². The summed E-state index contributed by atoms with van der Waals surface area (Å²) < 4.78 is 0. The minimum absolute atomic E-state index is 0.468. The van der Waals surface area contributed by atoms with Crippen molar-refractivity contribution in [3.05, 3.63) is 0 Å². The first-order valence-electron chi connectivity index (χ1n) is 3.51. The van der Waals surface area contributed by atoms with Gasteiger partial charge in [0, 0.05) is 0 Å². The summed E-state index contributed by atoms with van der Waals surface area (Å²) in [5.41, 5.74) is 3.24. The molecule has 54 valence electrons. The number of rotatable bonds is 3. The van der Waals surface area contributed by atoms with Crippen LogP contribution in [0.25, 0.3) is 0 Å². The van der Waals surface area contributed by atoms with Gasteiger partial charge in [-0.15, -0.1) is 0 Å². The lowest BCUT2D eigenvalue weighted by Gasteiger charge is -2.08. The predicted octanol–water partition coefficient (Wildman–Crippen LogP) is 0.108. The van der Waals surface area contributed by atoms with Crippen molar-refractivity contribution >= 4 is 0 Å². The number of nitrogens with zero attached hydrogens (tertiary/aromatic N) is 1. The van der Waals surface area contributed by atoms with Crippen LogP contribution in [0, 0.1) is 0 Å². The van der Waals surface area contributed by atoms with Crippen molar-refractivity contribution in [3.8, 4) is 0 Å². The summed E-state index contributed by atoms with van der Waals surface area (Å²) in [6, 6.07) is 0. The van der Waals surface area contributed by atoms with Gasteiger partial charge in [0.05, 0.1) is 12.3 Å². The van der Waals surface area contributed by atoms with Crippen LogP contribution >= 0.6 is 0 Å². The molecule has 0 radical (unpaired) electrons. The predicted molar refractivity (Wildman–Crippen MR) is 37.6 cm³/mol. The van der Waals surface area contributed by atoms with Gasteiger partial charge in [-0.3, -0.25) is 0 Å². The van der Waals surface area contributed by atoms with E-state index < -0.39 is 0 Å². The summed E-state index contributed by atoms with van der Waals surface area (Å²) in [7, 11) is 1.97. The molecule has 0 aromatic rings. The topological polar surface area (TPSA) is 37.0 Å². The molecule has 1 saturated heterocycles. The molecule has 1 aliphatic rings. The van der Waals surface area contributed by atoms with Crippen LogP contribution in [0.4, 0.5) is 0 Å².